The molecule has 136 valence electrons. The number of carbonyl (C=O) groups excluding carboxylic acids is 2. The minimum absolute atomic E-state index is 0. The van der Waals surface area contributed by atoms with Crippen molar-refractivity contribution in [3.8, 4) is 0 Å². The SMILES string of the molecule is C[C@@H](N)C(=O)N1CCN(CC(=O)N2CCCCCC2)CC1.Cl.Cl. The maximum Gasteiger partial charge on any atom is 0.239 e. The highest BCUT2D eigenvalue weighted by Gasteiger charge is 2.25. The number of piperazine rings is 1. The van der Waals surface area contributed by atoms with Crippen molar-refractivity contribution in [3.05, 3.63) is 0 Å². The van der Waals surface area contributed by atoms with Gasteiger partial charge in [-0.25, -0.2) is 0 Å². The summed E-state index contributed by atoms with van der Waals surface area (Å²) >= 11 is 0. The molecule has 0 aromatic heterocycles. The molecule has 2 fully saturated rings. The zero-order valence-electron chi connectivity index (χ0n) is 13.9. The lowest BCUT2D eigenvalue weighted by Gasteiger charge is -2.36. The summed E-state index contributed by atoms with van der Waals surface area (Å²) in [5.74, 6) is 0.248. The summed E-state index contributed by atoms with van der Waals surface area (Å²) in [6.45, 7) is 6.89. The summed E-state index contributed by atoms with van der Waals surface area (Å²) in [5, 5.41) is 0. The van der Waals surface area contributed by atoms with Crippen LogP contribution in [0.4, 0.5) is 0 Å². The fraction of sp³-hybridized carbons (Fsp3) is 0.867. The lowest BCUT2D eigenvalue weighted by Crippen LogP contribution is -2.54. The lowest BCUT2D eigenvalue weighted by atomic mass is 10.2. The van der Waals surface area contributed by atoms with Crippen LogP contribution in [0.1, 0.15) is 32.6 Å². The molecule has 0 saturated carbocycles. The van der Waals surface area contributed by atoms with Crippen LogP contribution in [-0.4, -0.2) is 78.4 Å². The van der Waals surface area contributed by atoms with E-state index in [1.165, 1.54) is 12.8 Å². The number of nitrogens with zero attached hydrogens (tertiary/aromatic N) is 3. The third-order valence-electron chi connectivity index (χ3n) is 4.39. The molecular weight excluding hydrogens is 339 g/mol. The highest BCUT2D eigenvalue weighted by atomic mass is 35.5. The van der Waals surface area contributed by atoms with E-state index in [1.807, 2.05) is 4.90 Å². The Morgan fingerprint density at radius 2 is 1.39 bits per heavy atom. The van der Waals surface area contributed by atoms with E-state index in [1.54, 1.807) is 11.8 Å². The van der Waals surface area contributed by atoms with E-state index in [9.17, 15) is 9.59 Å². The smallest absolute Gasteiger partial charge is 0.239 e. The maximum atomic E-state index is 12.3. The number of rotatable bonds is 3. The van der Waals surface area contributed by atoms with E-state index in [0.29, 0.717) is 19.6 Å². The van der Waals surface area contributed by atoms with Gasteiger partial charge < -0.3 is 15.5 Å². The third-order valence-corrected chi connectivity index (χ3v) is 4.39. The van der Waals surface area contributed by atoms with Gasteiger partial charge in [-0.05, 0) is 19.8 Å². The second-order valence-corrected chi connectivity index (χ2v) is 6.19. The Hall–Kier alpha value is -0.560. The van der Waals surface area contributed by atoms with Crippen molar-refractivity contribution in [2.24, 2.45) is 5.73 Å². The molecule has 2 heterocycles. The first-order valence-corrected chi connectivity index (χ1v) is 8.12. The lowest BCUT2D eigenvalue weighted by molar-refractivity contribution is -0.135. The first-order chi connectivity index (χ1) is 10.1. The van der Waals surface area contributed by atoms with Gasteiger partial charge in [-0.15, -0.1) is 24.8 Å². The van der Waals surface area contributed by atoms with Crippen LogP contribution >= 0.6 is 24.8 Å². The molecule has 8 heteroatoms. The van der Waals surface area contributed by atoms with Crippen LogP contribution in [0.3, 0.4) is 0 Å². The summed E-state index contributed by atoms with van der Waals surface area (Å²) in [6, 6.07) is -0.435. The molecule has 0 bridgehead atoms. The molecule has 2 N–H and O–H groups in total. The molecule has 0 radical (unpaired) electrons. The van der Waals surface area contributed by atoms with E-state index in [-0.39, 0.29) is 36.6 Å². The first-order valence-electron chi connectivity index (χ1n) is 8.12. The van der Waals surface area contributed by atoms with Gasteiger partial charge in [0, 0.05) is 39.3 Å². The van der Waals surface area contributed by atoms with Crippen molar-refractivity contribution in [1.29, 1.82) is 0 Å². The summed E-state index contributed by atoms with van der Waals surface area (Å²) in [4.78, 5) is 30.1. The molecule has 0 aromatic rings. The number of hydrogen-bond donors (Lipinski definition) is 1. The van der Waals surface area contributed by atoms with Crippen LogP contribution in [0.5, 0.6) is 0 Å². The largest absolute Gasteiger partial charge is 0.342 e. The minimum atomic E-state index is -0.435. The quantitative estimate of drug-likeness (QED) is 0.796. The molecule has 2 amide bonds. The predicted octanol–water partition coefficient (Wildman–Crippen LogP) is 0.724. The Labute approximate surface area is 151 Å². The molecule has 0 unspecified atom stereocenters. The molecule has 6 nitrogen and oxygen atoms in total. The molecule has 2 aliphatic rings. The minimum Gasteiger partial charge on any atom is -0.342 e. The molecule has 0 aliphatic carbocycles. The summed E-state index contributed by atoms with van der Waals surface area (Å²) in [6.07, 6.45) is 4.73. The molecular formula is C15H30Cl2N4O2. The van der Waals surface area contributed by atoms with Crippen LogP contribution in [0.2, 0.25) is 0 Å². The fourth-order valence-corrected chi connectivity index (χ4v) is 3.03. The fourth-order valence-electron chi connectivity index (χ4n) is 3.03. The average Bonchev–Trinajstić information content (AvgIpc) is 2.76. The van der Waals surface area contributed by atoms with Gasteiger partial charge >= 0.3 is 0 Å². The number of carbonyl (C=O) groups is 2. The molecule has 2 aliphatic heterocycles. The Kier molecular flexibility index (Phi) is 10.8. The van der Waals surface area contributed by atoms with Gasteiger partial charge in [0.05, 0.1) is 12.6 Å². The average molecular weight is 369 g/mol. The van der Waals surface area contributed by atoms with Crippen LogP contribution in [0.25, 0.3) is 0 Å². The molecule has 0 aromatic carbocycles. The van der Waals surface area contributed by atoms with E-state index < -0.39 is 6.04 Å². The number of hydrogen-bond acceptors (Lipinski definition) is 4. The number of likely N-dealkylation sites (tertiary alicyclic amines) is 1. The van der Waals surface area contributed by atoms with Crippen molar-refractivity contribution in [2.75, 3.05) is 45.8 Å². The summed E-state index contributed by atoms with van der Waals surface area (Å²) in [5.41, 5.74) is 5.63. The topological polar surface area (TPSA) is 69.9 Å². The highest BCUT2D eigenvalue weighted by Crippen LogP contribution is 2.11. The van der Waals surface area contributed by atoms with Crippen molar-refractivity contribution in [3.63, 3.8) is 0 Å². The normalized spacial score (nSPS) is 20.8. The molecule has 0 spiro atoms. The molecule has 2 saturated heterocycles. The first kappa shape index (κ1) is 22.4. The number of amides is 2. The maximum absolute atomic E-state index is 12.3. The van der Waals surface area contributed by atoms with Crippen molar-refractivity contribution < 1.29 is 9.59 Å². The van der Waals surface area contributed by atoms with Crippen LogP contribution in [-0.2, 0) is 9.59 Å². The summed E-state index contributed by atoms with van der Waals surface area (Å²) < 4.78 is 0. The van der Waals surface area contributed by atoms with Crippen LogP contribution < -0.4 is 5.73 Å². The second-order valence-electron chi connectivity index (χ2n) is 6.19. The Bertz CT molecular complexity index is 366. The Balaban J connectivity index is 0.00000242. The molecule has 23 heavy (non-hydrogen) atoms. The van der Waals surface area contributed by atoms with Crippen molar-refractivity contribution in [1.82, 2.24) is 14.7 Å². The summed E-state index contributed by atoms with van der Waals surface area (Å²) in [7, 11) is 0. The monoisotopic (exact) mass is 368 g/mol. The van der Waals surface area contributed by atoms with Crippen LogP contribution in [0, 0.1) is 0 Å². The molecule has 1 atom stereocenters. The number of halogens is 2. The Morgan fingerprint density at radius 1 is 0.870 bits per heavy atom. The zero-order chi connectivity index (χ0) is 15.2. The van der Waals surface area contributed by atoms with Crippen LogP contribution in [0.15, 0.2) is 0 Å². The van der Waals surface area contributed by atoms with Gasteiger partial charge in [-0.2, -0.15) is 0 Å². The van der Waals surface area contributed by atoms with E-state index in [2.05, 4.69) is 4.90 Å². The van der Waals surface area contributed by atoms with Gasteiger partial charge in [0.2, 0.25) is 11.8 Å². The Morgan fingerprint density at radius 3 is 1.87 bits per heavy atom. The van der Waals surface area contributed by atoms with Gasteiger partial charge in [0.15, 0.2) is 0 Å². The second kappa shape index (κ2) is 11.1. The molecule has 2 rings (SSSR count). The van der Waals surface area contributed by atoms with Gasteiger partial charge in [-0.3, -0.25) is 14.5 Å². The van der Waals surface area contributed by atoms with Crippen molar-refractivity contribution in [2.45, 2.75) is 38.6 Å². The van der Waals surface area contributed by atoms with Crippen molar-refractivity contribution >= 4 is 36.6 Å². The number of nitrogens with two attached hydrogens (primary N) is 1. The van der Waals surface area contributed by atoms with E-state index >= 15 is 0 Å². The highest BCUT2D eigenvalue weighted by molar-refractivity contribution is 5.85. The van der Waals surface area contributed by atoms with Gasteiger partial charge in [0.1, 0.15) is 0 Å². The van der Waals surface area contributed by atoms with Gasteiger partial charge in [0.25, 0.3) is 0 Å². The standard InChI is InChI=1S/C15H28N4O2.2ClH/c1-13(16)15(21)19-10-8-17(9-11-19)12-14(20)18-6-4-2-3-5-7-18;;/h13H,2-12,16H2,1H3;2*1H/t13-;;/m1../s1. The zero-order valence-corrected chi connectivity index (χ0v) is 15.5. The van der Waals surface area contributed by atoms with Gasteiger partial charge in [-0.1, -0.05) is 12.8 Å². The van der Waals surface area contributed by atoms with E-state index in [0.717, 1.165) is 39.0 Å². The predicted molar refractivity (Wildman–Crippen MR) is 96.2 cm³/mol. The van der Waals surface area contributed by atoms with E-state index in [4.69, 9.17) is 5.73 Å². The third kappa shape index (κ3) is 6.83.